The van der Waals surface area contributed by atoms with Crippen LogP contribution in [-0.4, -0.2) is 12.0 Å². The second-order valence-corrected chi connectivity index (χ2v) is 5.96. The van der Waals surface area contributed by atoms with Gasteiger partial charge >= 0.3 is 0 Å². The Morgan fingerprint density at radius 2 is 1.85 bits per heavy atom. The molecule has 0 saturated heterocycles. The smallest absolute Gasteiger partial charge is 0.106 e. The van der Waals surface area contributed by atoms with Gasteiger partial charge in [0.1, 0.15) is 4.99 Å². The number of nitrogens with zero attached hydrogens (tertiary/aromatic N) is 1. The molecule has 0 aromatic heterocycles. The van der Waals surface area contributed by atoms with Gasteiger partial charge in [-0.15, -0.1) is 0 Å². The number of rotatable bonds is 4. The highest BCUT2D eigenvalue weighted by Crippen LogP contribution is 2.30. The van der Waals surface area contributed by atoms with Crippen LogP contribution in [0.5, 0.6) is 0 Å². The summed E-state index contributed by atoms with van der Waals surface area (Å²) in [5, 5.41) is 0. The molecule has 104 valence electrons. The molecule has 2 aromatic rings. The first-order chi connectivity index (χ1) is 9.52. The second kappa shape index (κ2) is 6.37. The molecule has 0 atom stereocenters. The molecule has 0 radical (unpaired) electrons. The third-order valence-corrected chi connectivity index (χ3v) is 4.03. The summed E-state index contributed by atoms with van der Waals surface area (Å²) in [5.41, 5.74) is 10.1. The largest absolute Gasteiger partial charge is 0.389 e. The Balaban J connectivity index is 2.43. The topological polar surface area (TPSA) is 29.3 Å². The number of aryl methyl sites for hydroxylation is 1. The molecule has 0 amide bonds. The molecule has 0 fully saturated rings. The zero-order valence-electron chi connectivity index (χ0n) is 11.6. The van der Waals surface area contributed by atoms with Crippen molar-refractivity contribution in [3.8, 4) is 0 Å². The van der Waals surface area contributed by atoms with Crippen molar-refractivity contribution in [1.82, 2.24) is 0 Å². The van der Waals surface area contributed by atoms with E-state index in [2.05, 4.69) is 52.0 Å². The summed E-state index contributed by atoms with van der Waals surface area (Å²) >= 11 is 8.64. The van der Waals surface area contributed by atoms with E-state index >= 15 is 0 Å². The van der Waals surface area contributed by atoms with Crippen LogP contribution in [0.1, 0.15) is 18.1 Å². The Morgan fingerprint density at radius 3 is 2.40 bits per heavy atom. The van der Waals surface area contributed by atoms with Crippen molar-refractivity contribution < 1.29 is 0 Å². The lowest BCUT2D eigenvalue weighted by Crippen LogP contribution is -2.17. The van der Waals surface area contributed by atoms with Crippen LogP contribution in [0.25, 0.3) is 0 Å². The zero-order valence-corrected chi connectivity index (χ0v) is 14.0. The first kappa shape index (κ1) is 15.0. The third kappa shape index (κ3) is 3.19. The summed E-state index contributed by atoms with van der Waals surface area (Å²) in [6.45, 7) is 2.15. The summed E-state index contributed by atoms with van der Waals surface area (Å²) < 4.78 is 1.00. The van der Waals surface area contributed by atoms with Crippen LogP contribution in [0.3, 0.4) is 0 Å². The molecule has 0 spiro atoms. The fourth-order valence-electron chi connectivity index (χ4n) is 2.08. The lowest BCUT2D eigenvalue weighted by atomic mass is 10.1. The summed E-state index contributed by atoms with van der Waals surface area (Å²) in [4.78, 5) is 2.50. The lowest BCUT2D eigenvalue weighted by Gasteiger charge is -2.23. The van der Waals surface area contributed by atoms with E-state index in [0.717, 1.165) is 27.8 Å². The monoisotopic (exact) mass is 348 g/mol. The predicted molar refractivity (Wildman–Crippen MR) is 93.9 cm³/mol. The molecule has 4 heteroatoms. The first-order valence-corrected chi connectivity index (χ1v) is 7.65. The van der Waals surface area contributed by atoms with E-state index in [0.29, 0.717) is 4.99 Å². The number of thiocarbonyl (C=S) groups is 1. The standard InChI is InChI=1S/C16H17BrN2S/c1-3-11-4-7-13(8-5-11)19(2)15-10-12(17)6-9-14(15)16(18)20/h4-10H,3H2,1-2H3,(H2,18,20). The third-order valence-electron chi connectivity index (χ3n) is 3.32. The summed E-state index contributed by atoms with van der Waals surface area (Å²) in [7, 11) is 2.02. The molecular weight excluding hydrogens is 332 g/mol. The number of benzene rings is 2. The van der Waals surface area contributed by atoms with Crippen LogP contribution in [0, 0.1) is 0 Å². The van der Waals surface area contributed by atoms with Gasteiger partial charge in [-0.1, -0.05) is 47.2 Å². The van der Waals surface area contributed by atoms with E-state index in [-0.39, 0.29) is 0 Å². The van der Waals surface area contributed by atoms with Gasteiger partial charge in [-0.3, -0.25) is 0 Å². The molecule has 0 saturated carbocycles. The molecule has 0 bridgehead atoms. The quantitative estimate of drug-likeness (QED) is 0.829. The zero-order chi connectivity index (χ0) is 14.7. The van der Waals surface area contributed by atoms with Gasteiger partial charge in [0.2, 0.25) is 0 Å². The number of nitrogens with two attached hydrogens (primary N) is 1. The molecule has 0 aliphatic rings. The molecule has 2 aromatic carbocycles. The van der Waals surface area contributed by atoms with Gasteiger partial charge in [-0.2, -0.15) is 0 Å². The summed E-state index contributed by atoms with van der Waals surface area (Å²) in [6, 6.07) is 14.4. The molecule has 0 aliphatic heterocycles. The number of hydrogen-bond donors (Lipinski definition) is 1. The molecule has 2 nitrogen and oxygen atoms in total. The van der Waals surface area contributed by atoms with Gasteiger partial charge in [0.25, 0.3) is 0 Å². The van der Waals surface area contributed by atoms with Gasteiger partial charge < -0.3 is 10.6 Å². The molecule has 20 heavy (non-hydrogen) atoms. The van der Waals surface area contributed by atoms with Crippen molar-refractivity contribution in [3.05, 3.63) is 58.1 Å². The Hall–Kier alpha value is -1.39. The minimum absolute atomic E-state index is 0.407. The maximum absolute atomic E-state index is 5.82. The van der Waals surface area contributed by atoms with Crippen molar-refractivity contribution in [2.75, 3.05) is 11.9 Å². The fourth-order valence-corrected chi connectivity index (χ4v) is 2.61. The van der Waals surface area contributed by atoms with Crippen molar-refractivity contribution in [1.29, 1.82) is 0 Å². The SMILES string of the molecule is CCc1ccc(N(C)c2cc(Br)ccc2C(N)=S)cc1. The van der Waals surface area contributed by atoms with Crippen LogP contribution in [-0.2, 0) is 6.42 Å². The highest BCUT2D eigenvalue weighted by Gasteiger charge is 2.11. The molecule has 2 N–H and O–H groups in total. The predicted octanol–water partition coefficient (Wildman–Crippen LogP) is 4.41. The van der Waals surface area contributed by atoms with Crippen LogP contribution in [0.15, 0.2) is 46.9 Å². The van der Waals surface area contributed by atoms with E-state index in [1.807, 2.05) is 25.2 Å². The normalized spacial score (nSPS) is 10.3. The van der Waals surface area contributed by atoms with Crippen molar-refractivity contribution >= 4 is 44.5 Å². The minimum atomic E-state index is 0.407. The average molecular weight is 349 g/mol. The van der Waals surface area contributed by atoms with Crippen molar-refractivity contribution in [2.45, 2.75) is 13.3 Å². The molecule has 2 rings (SSSR count). The second-order valence-electron chi connectivity index (χ2n) is 4.60. The lowest BCUT2D eigenvalue weighted by molar-refractivity contribution is 1.13. The Bertz CT molecular complexity index is 623. The van der Waals surface area contributed by atoms with E-state index in [1.165, 1.54) is 5.56 Å². The van der Waals surface area contributed by atoms with Gasteiger partial charge in [0.15, 0.2) is 0 Å². The average Bonchev–Trinajstić information content (AvgIpc) is 2.46. The molecule has 0 heterocycles. The number of halogens is 1. The number of hydrogen-bond acceptors (Lipinski definition) is 2. The van der Waals surface area contributed by atoms with Crippen LogP contribution < -0.4 is 10.6 Å². The Morgan fingerprint density at radius 1 is 1.20 bits per heavy atom. The Kier molecular flexibility index (Phi) is 4.78. The van der Waals surface area contributed by atoms with Crippen LogP contribution in [0.2, 0.25) is 0 Å². The van der Waals surface area contributed by atoms with Crippen LogP contribution in [0.4, 0.5) is 11.4 Å². The van der Waals surface area contributed by atoms with Gasteiger partial charge in [0.05, 0.1) is 5.69 Å². The Labute approximate surface area is 133 Å². The molecule has 0 aliphatic carbocycles. The minimum Gasteiger partial charge on any atom is -0.389 e. The van der Waals surface area contributed by atoms with Crippen molar-refractivity contribution in [3.63, 3.8) is 0 Å². The highest BCUT2D eigenvalue weighted by molar-refractivity contribution is 9.10. The molecule has 0 unspecified atom stereocenters. The van der Waals surface area contributed by atoms with Gasteiger partial charge in [0, 0.05) is 22.8 Å². The van der Waals surface area contributed by atoms with Gasteiger partial charge in [-0.05, 0) is 42.3 Å². The first-order valence-electron chi connectivity index (χ1n) is 6.45. The van der Waals surface area contributed by atoms with E-state index in [9.17, 15) is 0 Å². The highest BCUT2D eigenvalue weighted by atomic mass is 79.9. The fraction of sp³-hybridized carbons (Fsp3) is 0.188. The van der Waals surface area contributed by atoms with Crippen molar-refractivity contribution in [2.24, 2.45) is 5.73 Å². The molecular formula is C16H17BrN2S. The van der Waals surface area contributed by atoms with E-state index < -0.39 is 0 Å². The van der Waals surface area contributed by atoms with E-state index in [1.54, 1.807) is 0 Å². The summed E-state index contributed by atoms with van der Waals surface area (Å²) in [6.07, 6.45) is 1.04. The van der Waals surface area contributed by atoms with Crippen LogP contribution >= 0.6 is 28.1 Å². The maximum atomic E-state index is 5.82. The maximum Gasteiger partial charge on any atom is 0.106 e. The number of anilines is 2. The van der Waals surface area contributed by atoms with Gasteiger partial charge in [-0.25, -0.2) is 0 Å². The van der Waals surface area contributed by atoms with E-state index in [4.69, 9.17) is 18.0 Å². The summed E-state index contributed by atoms with van der Waals surface area (Å²) in [5.74, 6) is 0.